The first-order valence-electron chi connectivity index (χ1n) is 21.3. The van der Waals surface area contributed by atoms with E-state index >= 15 is 0 Å². The lowest BCUT2D eigenvalue weighted by atomic mass is 9.84. The summed E-state index contributed by atoms with van der Waals surface area (Å²) in [5.41, 5.74) is 4.85. The molecule has 2 aliphatic heterocycles. The van der Waals surface area contributed by atoms with Crippen LogP contribution in [0, 0.1) is 5.92 Å². The van der Waals surface area contributed by atoms with Crippen LogP contribution in [0.5, 0.6) is 0 Å². The Kier molecular flexibility index (Phi) is 14.9. The number of hydrogen-bond acceptors (Lipinski definition) is 10. The second-order valence-electron chi connectivity index (χ2n) is 16.9. The Morgan fingerprint density at radius 2 is 1.67 bits per heavy atom. The lowest BCUT2D eigenvalue weighted by molar-refractivity contribution is -0.142. The van der Waals surface area contributed by atoms with Gasteiger partial charge in [0, 0.05) is 44.3 Å². The highest BCUT2D eigenvalue weighted by atomic mass is 16.5. The monoisotopic (exact) mass is 829 g/mol. The molecule has 324 valence electrons. The number of ether oxygens (including phenoxy) is 1. The second kappa shape index (κ2) is 20.2. The number of nitrogens with two attached hydrogens (primary N) is 1. The zero-order chi connectivity index (χ0) is 42.8. The van der Waals surface area contributed by atoms with Crippen molar-refractivity contribution in [3.8, 4) is 0 Å². The fourth-order valence-corrected chi connectivity index (χ4v) is 8.65. The number of urea groups is 1. The maximum atomic E-state index is 14.9. The summed E-state index contributed by atoms with van der Waals surface area (Å²) < 4.78 is 6.84. The molecule has 3 heterocycles. The highest BCUT2D eigenvalue weighted by Gasteiger charge is 2.45. The summed E-state index contributed by atoms with van der Waals surface area (Å²) in [4.78, 5) is 82.3. The van der Waals surface area contributed by atoms with Crippen molar-refractivity contribution in [2.24, 2.45) is 11.7 Å². The average Bonchev–Trinajstić information content (AvgIpc) is 3.92. The van der Waals surface area contributed by atoms with E-state index in [0.717, 1.165) is 55.7 Å². The average molecular weight is 830 g/mol. The summed E-state index contributed by atoms with van der Waals surface area (Å²) >= 11 is 0. The quantitative estimate of drug-likeness (QED) is 0.0859. The van der Waals surface area contributed by atoms with E-state index in [2.05, 4.69) is 31.6 Å². The molecule has 0 spiro atoms. The summed E-state index contributed by atoms with van der Waals surface area (Å²) in [7, 11) is 0. The van der Waals surface area contributed by atoms with E-state index in [-0.39, 0.29) is 37.4 Å². The third kappa shape index (κ3) is 11.4. The molecule has 2 saturated heterocycles. The number of likely N-dealkylation sites (tertiary alicyclic amines) is 1. The van der Waals surface area contributed by atoms with Crippen LogP contribution in [0.15, 0.2) is 48.7 Å². The summed E-state index contributed by atoms with van der Waals surface area (Å²) in [6.45, 7) is 4.63. The summed E-state index contributed by atoms with van der Waals surface area (Å²) in [6, 6.07) is 8.74. The van der Waals surface area contributed by atoms with E-state index in [0.29, 0.717) is 50.3 Å². The van der Waals surface area contributed by atoms with Crippen molar-refractivity contribution in [1.29, 1.82) is 0 Å². The molecule has 1 saturated carbocycles. The standard InChI is InChI=1S/C43H59N9O8/c1-43(2,59)36-25-46-50-52(36)32-24-35(40(56)48-33(37(53)38(44)54)14-8-9-19-45-42(58)47-31-17-20-60-21-18-31)51(26-32)41(57)34(22-27-10-4-3-5-11-27)49-39(55)30-16-15-28-12-6-7-13-29(28)23-30/h6-7,12-13,15-16,23,25,27,31-35,59H,3-5,8-11,14,17-22,24,26H2,1-2H3,(H2,44,54)(H,48,56)(H,49,55)(H2,45,47,58)/t32-,33?,34+,35-/m0/s1. The number of carbonyl (C=O) groups is 6. The number of ketones is 1. The molecule has 6 amide bonds. The summed E-state index contributed by atoms with van der Waals surface area (Å²) in [5, 5.41) is 32.5. The summed E-state index contributed by atoms with van der Waals surface area (Å²) in [5.74, 6) is -3.60. The van der Waals surface area contributed by atoms with Gasteiger partial charge >= 0.3 is 6.03 Å². The first-order chi connectivity index (χ1) is 28.8. The van der Waals surface area contributed by atoms with Crippen LogP contribution in [0.25, 0.3) is 10.8 Å². The smallest absolute Gasteiger partial charge is 0.315 e. The molecule has 0 radical (unpaired) electrons. The third-order valence-electron chi connectivity index (χ3n) is 12.0. The molecule has 4 atom stereocenters. The SMILES string of the molecule is CC(C)(O)c1cnnn1[C@H]1C[C@@H](C(=O)NC(CCCCNC(=O)NC2CCOCC2)C(=O)C(N)=O)N(C(=O)[C@@H](CC2CCCCC2)NC(=O)c2ccc3ccccc3c2)C1. The van der Waals surface area contributed by atoms with Crippen LogP contribution in [-0.2, 0) is 29.5 Å². The molecular weight excluding hydrogens is 771 g/mol. The molecule has 3 fully saturated rings. The molecular formula is C43H59N9O8. The van der Waals surface area contributed by atoms with Gasteiger partial charge in [0.1, 0.15) is 17.7 Å². The number of amides is 6. The number of nitrogens with one attached hydrogen (secondary N) is 4. The van der Waals surface area contributed by atoms with Crippen LogP contribution in [0.4, 0.5) is 4.79 Å². The van der Waals surface area contributed by atoms with E-state index in [1.165, 1.54) is 15.8 Å². The predicted molar refractivity (Wildman–Crippen MR) is 221 cm³/mol. The number of unbranched alkanes of at least 4 members (excludes halogenated alkanes) is 1. The van der Waals surface area contributed by atoms with Crippen molar-refractivity contribution >= 4 is 46.2 Å². The van der Waals surface area contributed by atoms with Gasteiger partial charge in [-0.15, -0.1) is 5.10 Å². The first kappa shape index (κ1) is 44.1. The van der Waals surface area contributed by atoms with Crippen LogP contribution in [0.2, 0.25) is 0 Å². The van der Waals surface area contributed by atoms with E-state index in [1.54, 1.807) is 26.0 Å². The fourth-order valence-electron chi connectivity index (χ4n) is 8.65. The number of carbonyl (C=O) groups excluding carboxylic acids is 6. The second-order valence-corrected chi connectivity index (χ2v) is 16.9. The Hall–Kier alpha value is -5.42. The molecule has 1 aromatic heterocycles. The number of nitrogens with zero attached hydrogens (tertiary/aromatic N) is 4. The highest BCUT2D eigenvalue weighted by Crippen LogP contribution is 2.34. The maximum Gasteiger partial charge on any atom is 0.315 e. The minimum atomic E-state index is -1.35. The van der Waals surface area contributed by atoms with Crippen molar-refractivity contribution in [3.63, 3.8) is 0 Å². The van der Waals surface area contributed by atoms with Gasteiger partial charge in [0.2, 0.25) is 17.6 Å². The van der Waals surface area contributed by atoms with Gasteiger partial charge in [-0.2, -0.15) is 0 Å². The minimum absolute atomic E-state index is 0.00752. The normalized spacial score (nSPS) is 19.9. The van der Waals surface area contributed by atoms with Crippen LogP contribution in [-0.4, -0.2) is 111 Å². The Morgan fingerprint density at radius 1 is 0.933 bits per heavy atom. The van der Waals surface area contributed by atoms with E-state index in [9.17, 15) is 33.9 Å². The van der Waals surface area contributed by atoms with Gasteiger partial charge in [-0.3, -0.25) is 24.0 Å². The Morgan fingerprint density at radius 3 is 2.38 bits per heavy atom. The van der Waals surface area contributed by atoms with Crippen LogP contribution < -0.4 is 27.0 Å². The number of rotatable bonds is 17. The topological polar surface area (TPSA) is 240 Å². The van der Waals surface area contributed by atoms with Crippen molar-refractivity contribution < 1.29 is 38.6 Å². The molecule has 3 aliphatic rings. The van der Waals surface area contributed by atoms with Gasteiger partial charge in [-0.1, -0.05) is 67.6 Å². The zero-order valence-corrected chi connectivity index (χ0v) is 34.6. The predicted octanol–water partition coefficient (Wildman–Crippen LogP) is 2.76. The van der Waals surface area contributed by atoms with Crippen molar-refractivity contribution in [2.75, 3.05) is 26.3 Å². The zero-order valence-electron chi connectivity index (χ0n) is 34.6. The molecule has 2 aromatic carbocycles. The number of hydrogen-bond donors (Lipinski definition) is 6. The van der Waals surface area contributed by atoms with Gasteiger partial charge < -0.3 is 41.7 Å². The first-order valence-corrected chi connectivity index (χ1v) is 21.3. The third-order valence-corrected chi connectivity index (χ3v) is 12.0. The van der Waals surface area contributed by atoms with Crippen LogP contribution >= 0.6 is 0 Å². The molecule has 17 heteroatoms. The molecule has 17 nitrogen and oxygen atoms in total. The van der Waals surface area contributed by atoms with Gasteiger partial charge in [0.05, 0.1) is 24.0 Å². The number of Topliss-reactive ketones (excluding diaryl/α,β-unsaturated/α-hetero) is 1. The van der Waals surface area contributed by atoms with Crippen molar-refractivity contribution in [2.45, 2.75) is 127 Å². The maximum absolute atomic E-state index is 14.9. The Labute approximate surface area is 349 Å². The summed E-state index contributed by atoms with van der Waals surface area (Å²) in [6.07, 6.45) is 9.11. The largest absolute Gasteiger partial charge is 0.384 e. The van der Waals surface area contributed by atoms with Gasteiger partial charge in [-0.05, 0) is 81.2 Å². The van der Waals surface area contributed by atoms with Crippen molar-refractivity contribution in [1.82, 2.24) is 41.2 Å². The number of fused-ring (bicyclic) bond motifs is 1. The number of benzene rings is 2. The fraction of sp³-hybridized carbons (Fsp3) is 0.581. The van der Waals surface area contributed by atoms with Gasteiger partial charge in [0.25, 0.3) is 11.8 Å². The van der Waals surface area contributed by atoms with Crippen LogP contribution in [0.3, 0.4) is 0 Å². The molecule has 60 heavy (non-hydrogen) atoms. The lowest BCUT2D eigenvalue weighted by Gasteiger charge is -2.32. The van der Waals surface area contributed by atoms with E-state index in [4.69, 9.17) is 10.5 Å². The van der Waals surface area contributed by atoms with E-state index in [1.807, 2.05) is 30.3 Å². The van der Waals surface area contributed by atoms with Crippen LogP contribution in [0.1, 0.15) is 113 Å². The number of aromatic nitrogens is 3. The minimum Gasteiger partial charge on any atom is -0.384 e. The molecule has 6 rings (SSSR count). The molecule has 1 aliphatic carbocycles. The molecule has 1 unspecified atom stereocenters. The highest BCUT2D eigenvalue weighted by molar-refractivity contribution is 6.37. The van der Waals surface area contributed by atoms with Gasteiger partial charge in [0.15, 0.2) is 0 Å². The lowest BCUT2D eigenvalue weighted by Crippen LogP contribution is -2.56. The Balaban J connectivity index is 1.20. The molecule has 0 bridgehead atoms. The molecule has 7 N–H and O–H groups in total. The van der Waals surface area contributed by atoms with Crippen molar-refractivity contribution in [3.05, 3.63) is 59.9 Å². The number of aliphatic hydroxyl groups is 1. The van der Waals surface area contributed by atoms with E-state index < -0.39 is 59.2 Å². The number of primary amides is 1. The van der Waals surface area contributed by atoms with Gasteiger partial charge in [-0.25, -0.2) is 9.48 Å². The Bertz CT molecular complexity index is 2000. The molecule has 3 aromatic rings.